The highest BCUT2D eigenvalue weighted by Crippen LogP contribution is 2.13. The number of nitrogens with one attached hydrogen (secondary N) is 1. The molecule has 1 aromatic rings. The van der Waals surface area contributed by atoms with Crippen LogP contribution in [0.3, 0.4) is 0 Å². The molecule has 1 aromatic carbocycles. The zero-order chi connectivity index (χ0) is 14.3. The lowest BCUT2D eigenvalue weighted by Crippen LogP contribution is -2.32. The first kappa shape index (κ1) is 18.4. The Morgan fingerprint density at radius 2 is 2.10 bits per heavy atom. The van der Waals surface area contributed by atoms with Crippen molar-refractivity contribution in [2.75, 3.05) is 13.2 Å². The molecule has 5 nitrogen and oxygen atoms in total. The number of amides is 1. The number of Topliss-reactive ketones (excluding diaryl/α,β-unsaturated/α-hetero) is 1. The van der Waals surface area contributed by atoms with Crippen LogP contribution in [0.4, 0.5) is 0 Å². The van der Waals surface area contributed by atoms with E-state index < -0.39 is 0 Å². The Kier molecular flexibility index (Phi) is 8.59. The fourth-order valence-electron chi connectivity index (χ4n) is 1.44. The second-order valence-electron chi connectivity index (χ2n) is 4.49. The number of ketones is 1. The smallest absolute Gasteiger partial charge is 0.257 e. The van der Waals surface area contributed by atoms with Gasteiger partial charge in [-0.05, 0) is 32.4 Å². The van der Waals surface area contributed by atoms with Gasteiger partial charge in [0.05, 0.1) is 0 Å². The van der Waals surface area contributed by atoms with Gasteiger partial charge in [0, 0.05) is 18.2 Å². The van der Waals surface area contributed by atoms with E-state index in [1.54, 1.807) is 24.3 Å². The molecule has 3 N–H and O–H groups in total. The third-order valence-corrected chi connectivity index (χ3v) is 2.53. The molecule has 0 fully saturated rings. The molecule has 0 spiro atoms. The SMILES string of the molecule is CC(=O)c1cccc(OCC(=O)NCCC(C)N)c1.Cl. The zero-order valence-electron chi connectivity index (χ0n) is 11.7. The average molecular weight is 301 g/mol. The summed E-state index contributed by atoms with van der Waals surface area (Å²) >= 11 is 0. The number of halogens is 1. The van der Waals surface area contributed by atoms with E-state index in [9.17, 15) is 9.59 Å². The summed E-state index contributed by atoms with van der Waals surface area (Å²) in [6.45, 7) is 3.84. The molecule has 0 saturated heterocycles. The fraction of sp³-hybridized carbons (Fsp3) is 0.429. The highest BCUT2D eigenvalue weighted by molar-refractivity contribution is 5.94. The molecule has 0 aliphatic heterocycles. The topological polar surface area (TPSA) is 81.4 Å². The van der Waals surface area contributed by atoms with Crippen LogP contribution in [-0.2, 0) is 4.79 Å². The summed E-state index contributed by atoms with van der Waals surface area (Å²) in [7, 11) is 0. The van der Waals surface area contributed by atoms with Crippen LogP contribution >= 0.6 is 12.4 Å². The molecule has 6 heteroatoms. The van der Waals surface area contributed by atoms with Crippen molar-refractivity contribution in [2.45, 2.75) is 26.3 Å². The quantitative estimate of drug-likeness (QED) is 0.749. The number of ether oxygens (including phenoxy) is 1. The minimum absolute atomic E-state index is 0. The molecule has 0 aromatic heterocycles. The maximum Gasteiger partial charge on any atom is 0.257 e. The maximum absolute atomic E-state index is 11.5. The van der Waals surface area contributed by atoms with Crippen molar-refractivity contribution in [3.8, 4) is 5.75 Å². The van der Waals surface area contributed by atoms with Crippen LogP contribution in [0.1, 0.15) is 30.6 Å². The molecule has 0 saturated carbocycles. The van der Waals surface area contributed by atoms with Gasteiger partial charge in [-0.25, -0.2) is 0 Å². The number of carbonyl (C=O) groups is 2. The van der Waals surface area contributed by atoms with Gasteiger partial charge in [0.1, 0.15) is 5.75 Å². The Morgan fingerprint density at radius 1 is 1.40 bits per heavy atom. The lowest BCUT2D eigenvalue weighted by molar-refractivity contribution is -0.123. The fourth-order valence-corrected chi connectivity index (χ4v) is 1.44. The number of benzene rings is 1. The van der Waals surface area contributed by atoms with Gasteiger partial charge in [0.15, 0.2) is 12.4 Å². The molecule has 0 radical (unpaired) electrons. The van der Waals surface area contributed by atoms with Gasteiger partial charge in [-0.1, -0.05) is 12.1 Å². The third-order valence-electron chi connectivity index (χ3n) is 2.53. The minimum Gasteiger partial charge on any atom is -0.484 e. The largest absolute Gasteiger partial charge is 0.484 e. The van der Waals surface area contributed by atoms with Crippen LogP contribution in [0.2, 0.25) is 0 Å². The van der Waals surface area contributed by atoms with Gasteiger partial charge in [0.2, 0.25) is 0 Å². The van der Waals surface area contributed by atoms with Gasteiger partial charge >= 0.3 is 0 Å². The summed E-state index contributed by atoms with van der Waals surface area (Å²) in [5, 5.41) is 2.71. The summed E-state index contributed by atoms with van der Waals surface area (Å²) in [6.07, 6.45) is 0.728. The Hall–Kier alpha value is -1.59. The van der Waals surface area contributed by atoms with Crippen molar-refractivity contribution in [1.82, 2.24) is 5.32 Å². The summed E-state index contributed by atoms with van der Waals surface area (Å²) in [5.74, 6) is 0.274. The Morgan fingerprint density at radius 3 is 2.70 bits per heavy atom. The van der Waals surface area contributed by atoms with Crippen molar-refractivity contribution in [2.24, 2.45) is 5.73 Å². The normalized spacial score (nSPS) is 11.2. The summed E-state index contributed by atoms with van der Waals surface area (Å²) in [4.78, 5) is 22.7. The van der Waals surface area contributed by atoms with Crippen LogP contribution in [0.25, 0.3) is 0 Å². The van der Waals surface area contributed by atoms with Gasteiger partial charge in [-0.15, -0.1) is 12.4 Å². The van der Waals surface area contributed by atoms with E-state index in [0.29, 0.717) is 17.9 Å². The van der Waals surface area contributed by atoms with Crippen LogP contribution in [0, 0.1) is 0 Å². The lowest BCUT2D eigenvalue weighted by Gasteiger charge is -2.09. The van der Waals surface area contributed by atoms with Gasteiger partial charge in [-0.3, -0.25) is 9.59 Å². The number of hydrogen-bond donors (Lipinski definition) is 2. The number of nitrogens with two attached hydrogens (primary N) is 1. The molecule has 0 bridgehead atoms. The molecule has 1 amide bonds. The first-order chi connectivity index (χ1) is 8.99. The first-order valence-corrected chi connectivity index (χ1v) is 6.25. The van der Waals surface area contributed by atoms with Crippen molar-refractivity contribution < 1.29 is 14.3 Å². The average Bonchev–Trinajstić information content (AvgIpc) is 2.36. The zero-order valence-corrected chi connectivity index (χ0v) is 12.5. The van der Waals surface area contributed by atoms with Gasteiger partial charge in [0.25, 0.3) is 5.91 Å². The van der Waals surface area contributed by atoms with E-state index in [0.717, 1.165) is 6.42 Å². The molecule has 112 valence electrons. The molecule has 1 unspecified atom stereocenters. The summed E-state index contributed by atoms with van der Waals surface area (Å²) in [6, 6.07) is 6.82. The van der Waals surface area contributed by atoms with E-state index in [2.05, 4.69) is 5.32 Å². The van der Waals surface area contributed by atoms with Gasteiger partial charge < -0.3 is 15.8 Å². The number of carbonyl (C=O) groups excluding carboxylic acids is 2. The second kappa shape index (κ2) is 9.34. The molecule has 1 rings (SSSR count). The molecule has 0 aliphatic carbocycles. The monoisotopic (exact) mass is 300 g/mol. The van der Waals surface area contributed by atoms with E-state index in [1.165, 1.54) is 6.92 Å². The third kappa shape index (κ3) is 7.11. The highest BCUT2D eigenvalue weighted by atomic mass is 35.5. The molecular formula is C14H21ClN2O3. The number of hydrogen-bond acceptors (Lipinski definition) is 4. The number of rotatable bonds is 7. The van der Waals surface area contributed by atoms with E-state index in [-0.39, 0.29) is 36.7 Å². The predicted molar refractivity (Wildman–Crippen MR) is 80.5 cm³/mol. The Labute approximate surface area is 125 Å². The Balaban J connectivity index is 0.00000361. The van der Waals surface area contributed by atoms with Crippen molar-refractivity contribution in [3.05, 3.63) is 29.8 Å². The first-order valence-electron chi connectivity index (χ1n) is 6.25. The molecule has 1 atom stereocenters. The van der Waals surface area contributed by atoms with Crippen LogP contribution in [-0.4, -0.2) is 30.9 Å². The summed E-state index contributed by atoms with van der Waals surface area (Å²) in [5.41, 5.74) is 6.14. The standard InChI is InChI=1S/C14H20N2O3.ClH/c1-10(15)6-7-16-14(18)9-19-13-5-3-4-12(8-13)11(2)17;/h3-5,8,10H,6-7,9,15H2,1-2H3,(H,16,18);1H. The van der Waals surface area contributed by atoms with E-state index >= 15 is 0 Å². The summed E-state index contributed by atoms with van der Waals surface area (Å²) < 4.78 is 5.32. The lowest BCUT2D eigenvalue weighted by atomic mass is 10.1. The second-order valence-corrected chi connectivity index (χ2v) is 4.49. The van der Waals surface area contributed by atoms with Crippen molar-refractivity contribution in [3.63, 3.8) is 0 Å². The Bertz CT molecular complexity index is 450. The van der Waals surface area contributed by atoms with Crippen molar-refractivity contribution >= 4 is 24.1 Å². The van der Waals surface area contributed by atoms with E-state index in [1.807, 2.05) is 6.92 Å². The highest BCUT2D eigenvalue weighted by Gasteiger charge is 2.05. The maximum atomic E-state index is 11.5. The van der Waals surface area contributed by atoms with Crippen molar-refractivity contribution in [1.29, 1.82) is 0 Å². The molecule has 0 aliphatic rings. The minimum atomic E-state index is -0.200. The van der Waals surface area contributed by atoms with Gasteiger partial charge in [-0.2, -0.15) is 0 Å². The predicted octanol–water partition coefficient (Wildman–Crippen LogP) is 1.54. The molecule has 0 heterocycles. The van der Waals surface area contributed by atoms with E-state index in [4.69, 9.17) is 10.5 Å². The molecular weight excluding hydrogens is 280 g/mol. The molecule has 20 heavy (non-hydrogen) atoms. The van der Waals surface area contributed by atoms with Crippen LogP contribution in [0.5, 0.6) is 5.75 Å². The van der Waals surface area contributed by atoms with Crippen LogP contribution in [0.15, 0.2) is 24.3 Å². The van der Waals surface area contributed by atoms with Crippen LogP contribution < -0.4 is 15.8 Å².